The van der Waals surface area contributed by atoms with Crippen molar-refractivity contribution < 1.29 is 9.59 Å². The second-order valence-corrected chi connectivity index (χ2v) is 3.81. The van der Waals surface area contributed by atoms with Crippen LogP contribution in [0.2, 0.25) is 0 Å². The fraction of sp³-hybridized carbons (Fsp3) is 0.667. The van der Waals surface area contributed by atoms with E-state index in [1.807, 2.05) is 19.1 Å². The summed E-state index contributed by atoms with van der Waals surface area (Å²) in [5.41, 5.74) is 0. The number of carbonyl (C=O) groups is 2. The molecule has 0 aliphatic heterocycles. The average molecular weight is 226 g/mol. The molecule has 2 N–H and O–H groups in total. The van der Waals surface area contributed by atoms with Crippen LogP contribution in [-0.2, 0) is 9.59 Å². The van der Waals surface area contributed by atoms with Crippen molar-refractivity contribution in [2.75, 3.05) is 6.54 Å². The molecule has 0 aromatic rings. The van der Waals surface area contributed by atoms with E-state index in [1.165, 1.54) is 13.8 Å². The number of allylic oxidation sites excluding steroid dienone is 1. The zero-order valence-corrected chi connectivity index (χ0v) is 10.4. The summed E-state index contributed by atoms with van der Waals surface area (Å²) in [7, 11) is 0. The van der Waals surface area contributed by atoms with Gasteiger partial charge in [0.25, 0.3) is 0 Å². The van der Waals surface area contributed by atoms with Gasteiger partial charge in [0.1, 0.15) is 0 Å². The molecule has 0 fully saturated rings. The topological polar surface area (TPSA) is 58.2 Å². The molecule has 0 saturated carbocycles. The van der Waals surface area contributed by atoms with Crippen molar-refractivity contribution in [1.29, 1.82) is 0 Å². The van der Waals surface area contributed by atoms with Crippen LogP contribution in [0.25, 0.3) is 0 Å². The third kappa shape index (κ3) is 9.24. The van der Waals surface area contributed by atoms with E-state index in [2.05, 4.69) is 10.6 Å². The van der Waals surface area contributed by atoms with Crippen molar-refractivity contribution in [3.8, 4) is 0 Å². The molecule has 92 valence electrons. The van der Waals surface area contributed by atoms with Crippen molar-refractivity contribution >= 4 is 11.8 Å². The van der Waals surface area contributed by atoms with Crippen LogP contribution in [0.1, 0.15) is 40.0 Å². The molecule has 0 spiro atoms. The molecule has 4 heteroatoms. The Kier molecular flexibility index (Phi) is 8.21. The Bertz CT molecular complexity index is 249. The predicted molar refractivity (Wildman–Crippen MR) is 65.0 cm³/mol. The van der Waals surface area contributed by atoms with Gasteiger partial charge in [0, 0.05) is 26.4 Å². The Hall–Kier alpha value is -1.32. The normalized spacial score (nSPS) is 12.4. The van der Waals surface area contributed by atoms with Gasteiger partial charge in [-0.05, 0) is 26.2 Å². The summed E-state index contributed by atoms with van der Waals surface area (Å²) in [6.45, 7) is 5.68. The molecule has 0 radical (unpaired) electrons. The summed E-state index contributed by atoms with van der Waals surface area (Å²) < 4.78 is 0. The Labute approximate surface area is 97.5 Å². The Balaban J connectivity index is 3.67. The number of amides is 2. The maximum Gasteiger partial charge on any atom is 0.217 e. The molecular weight excluding hydrogens is 204 g/mol. The molecule has 16 heavy (non-hydrogen) atoms. The number of carbonyl (C=O) groups excluding carboxylic acids is 2. The van der Waals surface area contributed by atoms with Crippen molar-refractivity contribution in [2.24, 2.45) is 0 Å². The molecule has 4 nitrogen and oxygen atoms in total. The standard InChI is InChI=1S/C12H22N2O2/c1-4-7-12(14-11(3)16)8-5-6-9-13-10(2)15/h4,7,12H,5-6,8-9H2,1-3H3,(H,13,15)(H,14,16). The lowest BCUT2D eigenvalue weighted by Gasteiger charge is -2.13. The minimum absolute atomic E-state index is 0.00636. The van der Waals surface area contributed by atoms with Gasteiger partial charge in [0.2, 0.25) is 11.8 Å². The van der Waals surface area contributed by atoms with Crippen molar-refractivity contribution in [3.05, 3.63) is 12.2 Å². The van der Waals surface area contributed by atoms with Crippen LogP contribution >= 0.6 is 0 Å². The van der Waals surface area contributed by atoms with Crippen LogP contribution < -0.4 is 10.6 Å². The highest BCUT2D eigenvalue weighted by molar-refractivity contribution is 5.73. The first-order chi connectivity index (χ1) is 7.56. The Morgan fingerprint density at radius 3 is 2.38 bits per heavy atom. The van der Waals surface area contributed by atoms with Crippen molar-refractivity contribution in [1.82, 2.24) is 10.6 Å². The lowest BCUT2D eigenvalue weighted by Crippen LogP contribution is -2.31. The van der Waals surface area contributed by atoms with Crippen LogP contribution in [0.3, 0.4) is 0 Å². The van der Waals surface area contributed by atoms with E-state index in [1.54, 1.807) is 0 Å². The highest BCUT2D eigenvalue weighted by atomic mass is 16.2. The van der Waals surface area contributed by atoms with Gasteiger partial charge in [-0.25, -0.2) is 0 Å². The van der Waals surface area contributed by atoms with E-state index >= 15 is 0 Å². The maximum absolute atomic E-state index is 10.9. The minimum atomic E-state index is -0.00930. The summed E-state index contributed by atoms with van der Waals surface area (Å²) in [6, 6.07) is 0.111. The second kappa shape index (κ2) is 8.95. The molecule has 2 amide bonds. The fourth-order valence-corrected chi connectivity index (χ4v) is 1.46. The van der Waals surface area contributed by atoms with Gasteiger partial charge in [0.15, 0.2) is 0 Å². The number of unbranched alkanes of at least 4 members (excludes halogenated alkanes) is 1. The summed E-state index contributed by atoms with van der Waals surface area (Å²) in [5.74, 6) is -0.00294. The van der Waals surface area contributed by atoms with E-state index < -0.39 is 0 Å². The fourth-order valence-electron chi connectivity index (χ4n) is 1.46. The first-order valence-corrected chi connectivity index (χ1v) is 5.70. The second-order valence-electron chi connectivity index (χ2n) is 3.81. The summed E-state index contributed by atoms with van der Waals surface area (Å²) in [5, 5.41) is 5.62. The lowest BCUT2D eigenvalue weighted by molar-refractivity contribution is -0.120. The van der Waals surface area contributed by atoms with Crippen LogP contribution in [0, 0.1) is 0 Å². The third-order valence-electron chi connectivity index (χ3n) is 2.13. The van der Waals surface area contributed by atoms with Gasteiger partial charge in [-0.15, -0.1) is 0 Å². The SMILES string of the molecule is CC=CC(CCCCNC(C)=O)NC(C)=O. The van der Waals surface area contributed by atoms with Gasteiger partial charge in [0.05, 0.1) is 0 Å². The van der Waals surface area contributed by atoms with Crippen LogP contribution in [0.15, 0.2) is 12.2 Å². The first-order valence-electron chi connectivity index (χ1n) is 5.70. The molecular formula is C12H22N2O2. The zero-order chi connectivity index (χ0) is 12.4. The molecule has 0 aliphatic carbocycles. The van der Waals surface area contributed by atoms with Crippen molar-refractivity contribution in [3.63, 3.8) is 0 Å². The molecule has 0 aromatic carbocycles. The quantitative estimate of drug-likeness (QED) is 0.509. The minimum Gasteiger partial charge on any atom is -0.356 e. The molecule has 0 heterocycles. The van der Waals surface area contributed by atoms with Gasteiger partial charge >= 0.3 is 0 Å². The number of nitrogens with one attached hydrogen (secondary N) is 2. The average Bonchev–Trinajstić information content (AvgIpc) is 2.16. The van der Waals surface area contributed by atoms with Gasteiger partial charge in [-0.1, -0.05) is 12.2 Å². The lowest BCUT2D eigenvalue weighted by atomic mass is 10.1. The van der Waals surface area contributed by atoms with E-state index in [-0.39, 0.29) is 17.9 Å². The van der Waals surface area contributed by atoms with E-state index in [0.29, 0.717) is 6.54 Å². The first kappa shape index (κ1) is 14.7. The summed E-state index contributed by atoms with van der Waals surface area (Å²) >= 11 is 0. The molecule has 0 saturated heterocycles. The Morgan fingerprint density at radius 2 is 1.88 bits per heavy atom. The van der Waals surface area contributed by atoms with Gasteiger partial charge in [-0.3, -0.25) is 9.59 Å². The summed E-state index contributed by atoms with van der Waals surface area (Å²) in [4.78, 5) is 21.5. The van der Waals surface area contributed by atoms with E-state index in [0.717, 1.165) is 19.3 Å². The Morgan fingerprint density at radius 1 is 1.19 bits per heavy atom. The largest absolute Gasteiger partial charge is 0.356 e. The van der Waals surface area contributed by atoms with Gasteiger partial charge < -0.3 is 10.6 Å². The van der Waals surface area contributed by atoms with Crippen LogP contribution in [-0.4, -0.2) is 24.4 Å². The summed E-state index contributed by atoms with van der Waals surface area (Å²) in [6.07, 6.45) is 6.75. The van der Waals surface area contributed by atoms with E-state index in [9.17, 15) is 9.59 Å². The zero-order valence-electron chi connectivity index (χ0n) is 10.4. The molecule has 0 aromatic heterocycles. The van der Waals surface area contributed by atoms with E-state index in [4.69, 9.17) is 0 Å². The maximum atomic E-state index is 10.9. The van der Waals surface area contributed by atoms with Gasteiger partial charge in [-0.2, -0.15) is 0 Å². The number of rotatable bonds is 7. The number of hydrogen-bond donors (Lipinski definition) is 2. The van der Waals surface area contributed by atoms with Crippen LogP contribution in [0.5, 0.6) is 0 Å². The highest BCUT2D eigenvalue weighted by Crippen LogP contribution is 2.02. The molecule has 1 atom stereocenters. The molecule has 0 rings (SSSR count). The smallest absolute Gasteiger partial charge is 0.217 e. The van der Waals surface area contributed by atoms with Crippen molar-refractivity contribution in [2.45, 2.75) is 46.1 Å². The molecule has 0 aliphatic rings. The monoisotopic (exact) mass is 226 g/mol. The number of hydrogen-bond acceptors (Lipinski definition) is 2. The molecule has 1 unspecified atom stereocenters. The predicted octanol–water partition coefficient (Wildman–Crippen LogP) is 1.37. The highest BCUT2D eigenvalue weighted by Gasteiger charge is 2.04. The molecule has 0 bridgehead atoms. The third-order valence-corrected chi connectivity index (χ3v) is 2.13. The van der Waals surface area contributed by atoms with Crippen LogP contribution in [0.4, 0.5) is 0 Å².